The molecule has 0 amide bonds. The highest BCUT2D eigenvalue weighted by Gasteiger charge is 2.24. The van der Waals surface area contributed by atoms with E-state index in [2.05, 4.69) is 0 Å². The van der Waals surface area contributed by atoms with Crippen LogP contribution in [0.4, 0.5) is 0 Å². The molecule has 0 radical (unpaired) electrons. The van der Waals surface area contributed by atoms with Gasteiger partial charge in [0.15, 0.2) is 38.7 Å². The Labute approximate surface area is 234 Å². The first-order valence-electron chi connectivity index (χ1n) is 12.1. The largest absolute Gasteiger partial charge is 0.493 e. The quantitative estimate of drug-likeness (QED) is 0.0816. The lowest BCUT2D eigenvalue weighted by atomic mass is 10.1. The monoisotopic (exact) mass is 584 g/mol. The van der Waals surface area contributed by atoms with E-state index in [0.29, 0.717) is 18.6 Å². The molecule has 226 valence electrons. The molecule has 0 aliphatic rings. The van der Waals surface area contributed by atoms with Gasteiger partial charge >= 0.3 is 0 Å². The molecule has 3 rings (SSSR count). The summed E-state index contributed by atoms with van der Waals surface area (Å²) in [5.41, 5.74) is -0.210. The van der Waals surface area contributed by atoms with Gasteiger partial charge in [0.25, 0.3) is 5.75 Å². The van der Waals surface area contributed by atoms with Gasteiger partial charge in [-0.3, -0.25) is 4.79 Å². The van der Waals surface area contributed by atoms with Crippen LogP contribution in [0.2, 0.25) is 0 Å². The molecule has 3 aromatic rings. The number of hydrogen-bond acceptors (Lipinski definition) is 15. The van der Waals surface area contributed by atoms with Crippen LogP contribution in [0.1, 0.15) is 13.3 Å². The molecular weight excluding hydrogens is 552 g/mol. The summed E-state index contributed by atoms with van der Waals surface area (Å²) in [6.07, 6.45) is 0.674. The minimum atomic E-state index is -0.602. The average molecular weight is 585 g/mol. The van der Waals surface area contributed by atoms with E-state index in [0.717, 1.165) is 0 Å². The SMILES string of the molecule is CCCOc1cc(OOCOC)cc2oc(-c3ccc(OOCOC)c(OOCOC)c3)c(OOCOC)c(=O)c12. The summed E-state index contributed by atoms with van der Waals surface area (Å²) in [5.74, 6) is 0.177. The number of methoxy groups -OCH3 is 4. The Balaban J connectivity index is 2.18. The summed E-state index contributed by atoms with van der Waals surface area (Å²) in [4.78, 5) is 55.0. The van der Waals surface area contributed by atoms with Crippen LogP contribution >= 0.6 is 0 Å². The van der Waals surface area contributed by atoms with Gasteiger partial charge in [-0.15, -0.1) is 0 Å². The molecule has 41 heavy (non-hydrogen) atoms. The van der Waals surface area contributed by atoms with E-state index in [1.165, 1.54) is 52.7 Å². The predicted octanol–water partition coefficient (Wildman–Crippen LogP) is 3.91. The fourth-order valence-corrected chi connectivity index (χ4v) is 3.21. The summed E-state index contributed by atoms with van der Waals surface area (Å²) in [6, 6.07) is 7.41. The molecule has 0 saturated heterocycles. The van der Waals surface area contributed by atoms with Gasteiger partial charge in [-0.25, -0.2) is 0 Å². The van der Waals surface area contributed by atoms with Crippen molar-refractivity contribution in [1.29, 1.82) is 0 Å². The highest BCUT2D eigenvalue weighted by Crippen LogP contribution is 2.40. The molecule has 15 heteroatoms. The van der Waals surface area contributed by atoms with E-state index in [1.807, 2.05) is 6.92 Å². The summed E-state index contributed by atoms with van der Waals surface area (Å²) in [5, 5.41) is 0.0742. The second-order valence-corrected chi connectivity index (χ2v) is 7.82. The molecule has 0 aliphatic heterocycles. The standard InChI is InChI=1S/C26H32O15/c1-6-9-32-21-11-18(38-33-13-28-2)12-22-23(21)24(27)26(41-36-16-31-5)25(37-22)17-7-8-19(39-34-14-29-3)20(10-17)40-35-15-30-4/h7-8,10-12H,6,9,13-16H2,1-5H3. The second kappa shape index (κ2) is 17.2. The summed E-state index contributed by atoms with van der Waals surface area (Å²) < 4.78 is 31.4. The number of rotatable bonds is 20. The van der Waals surface area contributed by atoms with Crippen LogP contribution in [0.5, 0.6) is 28.7 Å². The molecule has 0 bridgehead atoms. The summed E-state index contributed by atoms with van der Waals surface area (Å²) in [7, 11) is 5.68. The number of fused-ring (bicyclic) bond motifs is 1. The lowest BCUT2D eigenvalue weighted by molar-refractivity contribution is -0.277. The molecule has 0 atom stereocenters. The van der Waals surface area contributed by atoms with Crippen LogP contribution in [-0.4, -0.2) is 62.2 Å². The number of ether oxygens (including phenoxy) is 5. The minimum absolute atomic E-state index is 0.0409. The van der Waals surface area contributed by atoms with Crippen molar-refractivity contribution in [3.63, 3.8) is 0 Å². The van der Waals surface area contributed by atoms with Crippen molar-refractivity contribution < 1.29 is 67.2 Å². The molecule has 0 unspecified atom stereocenters. The van der Waals surface area contributed by atoms with E-state index < -0.39 is 5.43 Å². The highest BCUT2D eigenvalue weighted by atomic mass is 17.2. The Morgan fingerprint density at radius 3 is 1.93 bits per heavy atom. The maximum atomic E-state index is 13.8. The number of hydrogen-bond donors (Lipinski definition) is 0. The maximum Gasteiger partial charge on any atom is 0.256 e. The molecule has 1 heterocycles. The van der Waals surface area contributed by atoms with Gasteiger partial charge in [-0.2, -0.15) is 19.6 Å². The third kappa shape index (κ3) is 8.91. The first kappa shape index (κ1) is 31.9. The van der Waals surface area contributed by atoms with Gasteiger partial charge < -0.3 is 47.7 Å². The Morgan fingerprint density at radius 2 is 1.29 bits per heavy atom. The Hall–Kier alpha value is -3.67. The Morgan fingerprint density at radius 1 is 0.683 bits per heavy atom. The molecule has 2 aromatic carbocycles. The molecule has 0 saturated carbocycles. The Bertz CT molecular complexity index is 1280. The minimum Gasteiger partial charge on any atom is -0.493 e. The smallest absolute Gasteiger partial charge is 0.256 e. The van der Waals surface area contributed by atoms with E-state index in [-0.39, 0.29) is 72.6 Å². The molecule has 1 aromatic heterocycles. The van der Waals surface area contributed by atoms with Gasteiger partial charge in [-0.05, 0) is 24.6 Å². The molecule has 0 aliphatic carbocycles. The topological polar surface area (TPSA) is 150 Å². The van der Waals surface area contributed by atoms with Crippen LogP contribution in [0, 0.1) is 0 Å². The summed E-state index contributed by atoms with van der Waals surface area (Å²) >= 11 is 0. The van der Waals surface area contributed by atoms with E-state index in [1.54, 1.807) is 6.07 Å². The number of benzene rings is 2. The molecule has 0 spiro atoms. The van der Waals surface area contributed by atoms with Gasteiger partial charge in [-0.1, -0.05) is 6.92 Å². The lowest BCUT2D eigenvalue weighted by Gasteiger charge is -2.15. The molecular formula is C26H32O15. The lowest BCUT2D eigenvalue weighted by Crippen LogP contribution is -2.13. The van der Waals surface area contributed by atoms with Crippen molar-refractivity contribution in [2.75, 3.05) is 62.2 Å². The van der Waals surface area contributed by atoms with E-state index in [4.69, 9.17) is 67.2 Å². The zero-order chi connectivity index (χ0) is 29.5. The Kier molecular flexibility index (Phi) is 13.4. The van der Waals surface area contributed by atoms with Crippen molar-refractivity contribution in [3.05, 3.63) is 40.6 Å². The van der Waals surface area contributed by atoms with Crippen LogP contribution < -0.4 is 29.7 Å². The van der Waals surface area contributed by atoms with Gasteiger partial charge in [0.1, 0.15) is 16.7 Å². The van der Waals surface area contributed by atoms with E-state index in [9.17, 15) is 4.79 Å². The van der Waals surface area contributed by atoms with Crippen molar-refractivity contribution in [3.8, 4) is 40.1 Å². The fourth-order valence-electron chi connectivity index (χ4n) is 3.21. The first-order chi connectivity index (χ1) is 20.1. The van der Waals surface area contributed by atoms with Gasteiger partial charge in [0, 0.05) is 46.1 Å². The third-order valence-corrected chi connectivity index (χ3v) is 4.82. The van der Waals surface area contributed by atoms with Crippen molar-refractivity contribution in [2.24, 2.45) is 0 Å². The van der Waals surface area contributed by atoms with Gasteiger partial charge in [0.2, 0.25) is 16.9 Å². The maximum absolute atomic E-state index is 13.8. The average Bonchev–Trinajstić information content (AvgIpc) is 2.98. The van der Waals surface area contributed by atoms with Crippen LogP contribution in [0.25, 0.3) is 22.3 Å². The zero-order valence-corrected chi connectivity index (χ0v) is 23.3. The summed E-state index contributed by atoms with van der Waals surface area (Å²) in [6.45, 7) is 1.46. The van der Waals surface area contributed by atoms with Crippen LogP contribution in [-0.2, 0) is 38.5 Å². The van der Waals surface area contributed by atoms with Gasteiger partial charge in [0.05, 0.1) is 6.61 Å². The predicted molar refractivity (Wildman–Crippen MR) is 138 cm³/mol. The van der Waals surface area contributed by atoms with Crippen LogP contribution in [0.15, 0.2) is 39.5 Å². The van der Waals surface area contributed by atoms with Crippen LogP contribution in [0.3, 0.4) is 0 Å². The van der Waals surface area contributed by atoms with E-state index >= 15 is 0 Å². The van der Waals surface area contributed by atoms with Crippen molar-refractivity contribution >= 4 is 11.0 Å². The highest BCUT2D eigenvalue weighted by molar-refractivity contribution is 5.88. The van der Waals surface area contributed by atoms with Crippen molar-refractivity contribution in [1.82, 2.24) is 0 Å². The molecule has 0 N–H and O–H groups in total. The third-order valence-electron chi connectivity index (χ3n) is 4.82. The normalized spacial score (nSPS) is 11.0. The molecule has 15 nitrogen and oxygen atoms in total. The van der Waals surface area contributed by atoms with Crippen molar-refractivity contribution in [2.45, 2.75) is 13.3 Å². The zero-order valence-electron chi connectivity index (χ0n) is 23.3. The molecule has 0 fully saturated rings. The second-order valence-electron chi connectivity index (χ2n) is 7.82. The first-order valence-corrected chi connectivity index (χ1v) is 12.1. The fraction of sp³-hybridized carbons (Fsp3) is 0.423.